The number of aryl methyl sites for hydroxylation is 1. The first-order valence-corrected chi connectivity index (χ1v) is 13.7. The van der Waals surface area contributed by atoms with Gasteiger partial charge in [-0.15, -0.1) is 14.6 Å². The molecule has 36 heavy (non-hydrogen) atoms. The van der Waals surface area contributed by atoms with Gasteiger partial charge in [-0.3, -0.25) is 9.11 Å². The highest BCUT2D eigenvalue weighted by Crippen LogP contribution is 2.36. The Kier molecular flexibility index (Phi) is 7.10. The van der Waals surface area contributed by atoms with Crippen LogP contribution in [0.3, 0.4) is 0 Å². The number of aromatic nitrogens is 3. The van der Waals surface area contributed by atoms with E-state index in [2.05, 4.69) is 29.7 Å². The van der Waals surface area contributed by atoms with Crippen LogP contribution < -0.4 is 5.73 Å². The van der Waals surface area contributed by atoms with Crippen LogP contribution in [0.4, 0.5) is 16.6 Å². The monoisotopic (exact) mass is 574 g/mol. The Hall–Kier alpha value is -3.01. The lowest BCUT2D eigenvalue weighted by Gasteiger charge is -2.10. The van der Waals surface area contributed by atoms with Crippen LogP contribution in [0, 0.1) is 6.92 Å². The summed E-state index contributed by atoms with van der Waals surface area (Å²) in [6, 6.07) is 7.45. The Morgan fingerprint density at radius 2 is 1.83 bits per heavy atom. The van der Waals surface area contributed by atoms with Crippen LogP contribution in [0.25, 0.3) is 15.9 Å². The van der Waals surface area contributed by atoms with Crippen molar-refractivity contribution in [2.24, 2.45) is 10.2 Å². The molecule has 5 N–H and O–H groups in total. The van der Waals surface area contributed by atoms with Gasteiger partial charge in [0.1, 0.15) is 4.90 Å². The molecular formula is C17H14N6O9S4. The lowest BCUT2D eigenvalue weighted by Crippen LogP contribution is -2.11. The highest BCUT2D eigenvalue weighted by Gasteiger charge is 2.24. The zero-order chi connectivity index (χ0) is 26.3. The highest BCUT2D eigenvalue weighted by atomic mass is 32.2. The van der Waals surface area contributed by atoms with E-state index in [4.69, 9.17) is 11.0 Å². The molecule has 4 rings (SSSR count). The fourth-order valence-electron chi connectivity index (χ4n) is 3.02. The van der Waals surface area contributed by atoms with Gasteiger partial charge in [0.2, 0.25) is 5.13 Å². The van der Waals surface area contributed by atoms with Gasteiger partial charge < -0.3 is 5.73 Å². The number of anilines is 1. The average Bonchev–Trinajstić information content (AvgIpc) is 3.33. The summed E-state index contributed by atoms with van der Waals surface area (Å²) in [6.45, 7) is 1.49. The van der Waals surface area contributed by atoms with Gasteiger partial charge in [-0.2, -0.15) is 21.9 Å². The molecule has 0 aliphatic heterocycles. The molecule has 0 bridgehead atoms. The molecular weight excluding hydrogens is 560 g/mol. The van der Waals surface area contributed by atoms with Crippen LogP contribution in [0.2, 0.25) is 0 Å². The van der Waals surface area contributed by atoms with Gasteiger partial charge >= 0.3 is 0 Å². The molecule has 0 aliphatic carbocycles. The van der Waals surface area contributed by atoms with Crippen LogP contribution in [0.15, 0.2) is 61.3 Å². The number of benzene rings is 2. The number of azo groups is 1. The maximum absolute atomic E-state index is 11.9. The van der Waals surface area contributed by atoms with E-state index < -0.39 is 35.7 Å². The third kappa shape index (κ3) is 5.38. The molecule has 2 aromatic heterocycles. The third-order valence-electron chi connectivity index (χ3n) is 4.54. The first-order valence-electron chi connectivity index (χ1n) is 9.30. The second-order valence-corrected chi connectivity index (χ2v) is 11.5. The van der Waals surface area contributed by atoms with E-state index in [0.29, 0.717) is 10.4 Å². The number of hydrogen-bond donors (Lipinski definition) is 4. The van der Waals surface area contributed by atoms with Crippen LogP contribution in [0.1, 0.15) is 5.69 Å². The van der Waals surface area contributed by atoms with Crippen LogP contribution >= 0.6 is 23.4 Å². The minimum atomic E-state index is -4.83. The number of nitrogen functional groups attached to an aromatic ring is 1. The minimum Gasteiger partial charge on any atom is -0.382 e. The predicted octanol–water partition coefficient (Wildman–Crippen LogP) is 3.71. The van der Waals surface area contributed by atoms with Gasteiger partial charge in [0.25, 0.3) is 20.2 Å². The van der Waals surface area contributed by atoms with Crippen molar-refractivity contribution in [1.82, 2.24) is 14.8 Å². The molecule has 4 aromatic rings. The largest absolute Gasteiger partial charge is 0.382 e. The summed E-state index contributed by atoms with van der Waals surface area (Å²) in [5.74, 6) is -0.227. The minimum absolute atomic E-state index is 0.0255. The normalized spacial score (nSPS) is 12.7. The summed E-state index contributed by atoms with van der Waals surface area (Å²) in [5.41, 5.74) is 6.49. The number of nitrogens with zero attached hydrogens (tertiary/aromatic N) is 5. The summed E-state index contributed by atoms with van der Waals surface area (Å²) in [6.07, 6.45) is 0. The van der Waals surface area contributed by atoms with E-state index in [1.54, 1.807) is 18.2 Å². The van der Waals surface area contributed by atoms with Gasteiger partial charge in [-0.25, -0.2) is 14.9 Å². The highest BCUT2D eigenvalue weighted by molar-refractivity contribution is 7.94. The van der Waals surface area contributed by atoms with Crippen molar-refractivity contribution in [2.75, 3.05) is 5.73 Å². The van der Waals surface area contributed by atoms with E-state index >= 15 is 0 Å². The summed E-state index contributed by atoms with van der Waals surface area (Å²) in [7, 11) is -9.55. The Morgan fingerprint density at radius 3 is 2.50 bits per heavy atom. The summed E-state index contributed by atoms with van der Waals surface area (Å²) >= 11 is 1.95. The van der Waals surface area contributed by atoms with Crippen LogP contribution in [0.5, 0.6) is 0 Å². The van der Waals surface area contributed by atoms with Gasteiger partial charge in [0.05, 0.1) is 38.5 Å². The molecule has 0 aliphatic rings. The zero-order valence-corrected chi connectivity index (χ0v) is 21.0. The molecule has 0 amide bonds. The number of rotatable bonds is 8. The van der Waals surface area contributed by atoms with E-state index in [0.717, 1.165) is 39.6 Å². The number of hydrogen-bond acceptors (Lipinski definition) is 14. The molecule has 2 aromatic carbocycles. The van der Waals surface area contributed by atoms with Gasteiger partial charge in [-0.1, -0.05) is 16.4 Å². The Labute approximate surface area is 210 Å². The standard InChI is InChI=1S/C17H14N6O9S4/c1-8-15(20-21-17-19-11-4-2-9(34-32-31-24)6-13(11)33-17)16(18)23(22-8)12-7-10(35(25,26)27)3-5-14(12)36(28,29)30/h2-7,24H,18H2,1H3,(H,25,26,27)(H,28,29,30)/b21-20+. The summed E-state index contributed by atoms with van der Waals surface area (Å²) in [4.78, 5) is 3.57. The molecule has 0 saturated carbocycles. The van der Waals surface area contributed by atoms with E-state index in [1.807, 2.05) is 0 Å². The quantitative estimate of drug-likeness (QED) is 0.0774. The molecule has 0 fully saturated rings. The van der Waals surface area contributed by atoms with Crippen molar-refractivity contribution in [2.45, 2.75) is 21.6 Å². The van der Waals surface area contributed by atoms with E-state index in [9.17, 15) is 25.9 Å². The molecule has 0 radical (unpaired) electrons. The van der Waals surface area contributed by atoms with Crippen LogP contribution in [-0.2, 0) is 29.6 Å². The Balaban J connectivity index is 1.74. The number of thiazole rings is 1. The lowest BCUT2D eigenvalue weighted by molar-refractivity contribution is -0.432. The topological polar surface area (TPSA) is 229 Å². The van der Waals surface area contributed by atoms with Gasteiger partial charge in [-0.05, 0) is 43.3 Å². The molecule has 2 heterocycles. The fraction of sp³-hybridized carbons (Fsp3) is 0.0588. The fourth-order valence-corrected chi connectivity index (χ4v) is 5.47. The van der Waals surface area contributed by atoms with E-state index in [1.165, 1.54) is 18.3 Å². The summed E-state index contributed by atoms with van der Waals surface area (Å²) < 4.78 is 71.7. The van der Waals surface area contributed by atoms with Crippen molar-refractivity contribution in [3.63, 3.8) is 0 Å². The van der Waals surface area contributed by atoms with Gasteiger partial charge in [0, 0.05) is 4.90 Å². The van der Waals surface area contributed by atoms with Crippen molar-refractivity contribution in [3.05, 3.63) is 42.1 Å². The molecule has 15 nitrogen and oxygen atoms in total. The summed E-state index contributed by atoms with van der Waals surface area (Å²) in [5, 5.41) is 24.3. The second kappa shape index (κ2) is 9.80. The van der Waals surface area contributed by atoms with Crippen molar-refractivity contribution < 1.29 is 40.6 Å². The van der Waals surface area contributed by atoms with Gasteiger partial charge in [0.15, 0.2) is 11.5 Å². The molecule has 0 unspecified atom stereocenters. The number of fused-ring (bicyclic) bond motifs is 1. The Bertz CT molecular complexity index is 1710. The Morgan fingerprint density at radius 1 is 1.08 bits per heavy atom. The molecule has 0 saturated heterocycles. The van der Waals surface area contributed by atoms with Crippen molar-refractivity contribution in [3.8, 4) is 5.69 Å². The molecule has 19 heteroatoms. The van der Waals surface area contributed by atoms with Crippen molar-refractivity contribution in [1.29, 1.82) is 0 Å². The lowest BCUT2D eigenvalue weighted by atomic mass is 10.3. The van der Waals surface area contributed by atoms with Crippen LogP contribution in [-0.4, -0.2) is 46.0 Å². The maximum Gasteiger partial charge on any atom is 0.296 e. The number of nitrogens with two attached hydrogens (primary N) is 1. The third-order valence-corrected chi connectivity index (χ3v) is 7.77. The van der Waals surface area contributed by atoms with Crippen molar-refractivity contribution >= 4 is 70.5 Å². The average molecular weight is 575 g/mol. The zero-order valence-electron chi connectivity index (χ0n) is 17.7. The smallest absolute Gasteiger partial charge is 0.296 e. The van der Waals surface area contributed by atoms with E-state index in [-0.39, 0.29) is 22.3 Å². The molecule has 0 atom stereocenters. The predicted molar refractivity (Wildman–Crippen MR) is 127 cm³/mol. The molecule has 0 spiro atoms. The molecule has 190 valence electrons. The maximum atomic E-state index is 11.9. The second-order valence-electron chi connectivity index (χ2n) is 6.86. The first-order chi connectivity index (χ1) is 16.9. The first kappa shape index (κ1) is 26.1. The SMILES string of the molecule is Cc1nn(-c2cc(S(=O)(=O)O)ccc2S(=O)(=O)O)c(N)c1/N=N/c1nc2ccc(SOOO)cc2s1.